The van der Waals surface area contributed by atoms with Crippen molar-refractivity contribution in [3.05, 3.63) is 17.0 Å². The molecule has 0 aromatic carbocycles. The van der Waals surface area contributed by atoms with E-state index in [0.29, 0.717) is 12.1 Å². The number of nitrogens with zero attached hydrogens (tertiary/aromatic N) is 1. The summed E-state index contributed by atoms with van der Waals surface area (Å²) >= 11 is 1.14. The molecule has 1 fully saturated rings. The van der Waals surface area contributed by atoms with Gasteiger partial charge in [0.05, 0.1) is 6.61 Å². The minimum Gasteiger partial charge on any atom is -0.392 e. The molecule has 5 nitrogen and oxygen atoms in total. The molecule has 1 aliphatic heterocycles. The highest BCUT2D eigenvalue weighted by Gasteiger charge is 2.16. The van der Waals surface area contributed by atoms with Crippen molar-refractivity contribution in [1.82, 2.24) is 9.62 Å². The molecule has 0 spiro atoms. The minimum atomic E-state index is -3.41. The van der Waals surface area contributed by atoms with Crippen LogP contribution in [-0.4, -0.2) is 44.6 Å². The molecule has 0 amide bonds. The lowest BCUT2D eigenvalue weighted by atomic mass is 10.4. The summed E-state index contributed by atoms with van der Waals surface area (Å²) in [6.07, 6.45) is 3.34. The summed E-state index contributed by atoms with van der Waals surface area (Å²) in [6, 6.07) is 1.52. The summed E-state index contributed by atoms with van der Waals surface area (Å²) < 4.78 is 26.8. The lowest BCUT2D eigenvalue weighted by Crippen LogP contribution is -2.28. The minimum absolute atomic E-state index is 0.124. The second kappa shape index (κ2) is 6.81. The topological polar surface area (TPSA) is 69.6 Å². The largest absolute Gasteiger partial charge is 0.392 e. The smallest absolute Gasteiger partial charge is 0.250 e. The Balaban J connectivity index is 1.77. The maximum atomic E-state index is 12.0. The Morgan fingerprint density at radius 2 is 2.11 bits per heavy atom. The van der Waals surface area contributed by atoms with E-state index < -0.39 is 10.0 Å². The Kier molecular flexibility index (Phi) is 5.35. The van der Waals surface area contributed by atoms with E-state index in [1.807, 2.05) is 0 Å². The number of aliphatic hydroxyl groups is 1. The quantitative estimate of drug-likeness (QED) is 0.738. The summed E-state index contributed by atoms with van der Waals surface area (Å²) in [5.41, 5.74) is 0.641. The molecule has 2 N–H and O–H groups in total. The van der Waals surface area contributed by atoms with Crippen molar-refractivity contribution in [1.29, 1.82) is 0 Å². The Bertz CT molecular complexity index is 493. The number of likely N-dealkylation sites (tertiary alicyclic amines) is 1. The first-order valence-electron chi connectivity index (χ1n) is 6.52. The average Bonchev–Trinajstić information content (AvgIpc) is 3.05. The molecule has 1 aromatic heterocycles. The third kappa shape index (κ3) is 4.25. The maximum Gasteiger partial charge on any atom is 0.250 e. The highest BCUT2D eigenvalue weighted by atomic mass is 32.2. The highest BCUT2D eigenvalue weighted by Crippen LogP contribution is 2.19. The van der Waals surface area contributed by atoms with Crippen LogP contribution in [0.2, 0.25) is 0 Å². The molecule has 0 unspecified atom stereocenters. The molecule has 0 aliphatic carbocycles. The van der Waals surface area contributed by atoms with E-state index in [1.165, 1.54) is 18.9 Å². The van der Waals surface area contributed by atoms with Crippen LogP contribution in [0.25, 0.3) is 0 Å². The van der Waals surface area contributed by atoms with Gasteiger partial charge in [-0.05, 0) is 55.9 Å². The van der Waals surface area contributed by atoms with Crippen molar-refractivity contribution in [2.24, 2.45) is 0 Å². The first-order valence-corrected chi connectivity index (χ1v) is 8.88. The number of aliphatic hydroxyl groups excluding tert-OH is 1. The van der Waals surface area contributed by atoms with Crippen LogP contribution in [0.4, 0.5) is 0 Å². The molecule has 0 atom stereocenters. The predicted molar refractivity (Wildman–Crippen MR) is 75.7 cm³/mol. The van der Waals surface area contributed by atoms with Crippen molar-refractivity contribution in [2.45, 2.75) is 30.1 Å². The summed E-state index contributed by atoms with van der Waals surface area (Å²) in [7, 11) is -3.41. The van der Waals surface area contributed by atoms with Gasteiger partial charge in [0.25, 0.3) is 0 Å². The van der Waals surface area contributed by atoms with Gasteiger partial charge in [-0.1, -0.05) is 0 Å². The molecule has 1 aromatic rings. The van der Waals surface area contributed by atoms with Gasteiger partial charge in [-0.2, -0.15) is 0 Å². The first kappa shape index (κ1) is 14.9. The summed E-state index contributed by atoms with van der Waals surface area (Å²) in [5.74, 6) is 0. The second-order valence-corrected chi connectivity index (χ2v) is 7.64. The molecule has 2 heterocycles. The Morgan fingerprint density at radius 1 is 1.37 bits per heavy atom. The molecule has 0 radical (unpaired) electrons. The summed E-state index contributed by atoms with van der Waals surface area (Å²) in [6.45, 7) is 3.57. The SMILES string of the molecule is O=S(=O)(NCCCN1CCCC1)c1cc(CO)cs1. The third-order valence-corrected chi connectivity index (χ3v) is 6.17. The van der Waals surface area contributed by atoms with Gasteiger partial charge in [0.1, 0.15) is 4.21 Å². The van der Waals surface area contributed by atoms with Crippen LogP contribution in [0.5, 0.6) is 0 Å². The number of thiophene rings is 1. The fourth-order valence-electron chi connectivity index (χ4n) is 2.16. The van der Waals surface area contributed by atoms with Gasteiger partial charge >= 0.3 is 0 Å². The lowest BCUT2D eigenvalue weighted by Gasteiger charge is -2.14. The number of nitrogens with one attached hydrogen (secondary N) is 1. The molecule has 108 valence electrons. The van der Waals surface area contributed by atoms with Gasteiger partial charge in [-0.15, -0.1) is 11.3 Å². The normalized spacial score (nSPS) is 17.1. The van der Waals surface area contributed by atoms with Crippen molar-refractivity contribution < 1.29 is 13.5 Å². The second-order valence-electron chi connectivity index (χ2n) is 4.73. The molecule has 19 heavy (non-hydrogen) atoms. The summed E-state index contributed by atoms with van der Waals surface area (Å²) in [4.78, 5) is 2.36. The third-order valence-electron chi connectivity index (χ3n) is 3.22. The van der Waals surface area contributed by atoms with Crippen LogP contribution in [-0.2, 0) is 16.6 Å². The van der Waals surface area contributed by atoms with Crippen LogP contribution < -0.4 is 4.72 Å². The van der Waals surface area contributed by atoms with Gasteiger partial charge in [0.2, 0.25) is 10.0 Å². The Hall–Kier alpha value is -0.470. The van der Waals surface area contributed by atoms with Crippen molar-refractivity contribution in [3.63, 3.8) is 0 Å². The van der Waals surface area contributed by atoms with Gasteiger partial charge in [-0.25, -0.2) is 13.1 Å². The highest BCUT2D eigenvalue weighted by molar-refractivity contribution is 7.91. The molecule has 7 heteroatoms. The van der Waals surface area contributed by atoms with Gasteiger partial charge < -0.3 is 10.0 Å². The van der Waals surface area contributed by atoms with Gasteiger partial charge in [0.15, 0.2) is 0 Å². The van der Waals surface area contributed by atoms with E-state index in [4.69, 9.17) is 5.11 Å². The maximum absolute atomic E-state index is 12.0. The van der Waals surface area contributed by atoms with E-state index in [0.717, 1.165) is 37.4 Å². The molecular formula is C12H20N2O3S2. The van der Waals surface area contributed by atoms with E-state index in [2.05, 4.69) is 9.62 Å². The van der Waals surface area contributed by atoms with Gasteiger partial charge in [-0.3, -0.25) is 0 Å². The molecule has 0 bridgehead atoms. The number of sulfonamides is 1. The Labute approximate surface area is 118 Å². The lowest BCUT2D eigenvalue weighted by molar-refractivity contribution is 0.282. The zero-order valence-electron chi connectivity index (χ0n) is 10.8. The van der Waals surface area contributed by atoms with E-state index in [9.17, 15) is 8.42 Å². The number of hydrogen-bond acceptors (Lipinski definition) is 5. The zero-order valence-corrected chi connectivity index (χ0v) is 12.5. The standard InChI is InChI=1S/C12H20N2O3S2/c15-9-11-8-12(18-10-11)19(16,17)13-4-3-7-14-5-1-2-6-14/h8,10,13,15H,1-7,9H2. The molecular weight excluding hydrogens is 284 g/mol. The van der Waals surface area contributed by atoms with Gasteiger partial charge in [0, 0.05) is 6.54 Å². The van der Waals surface area contributed by atoms with Crippen LogP contribution in [0, 0.1) is 0 Å². The van der Waals surface area contributed by atoms with Crippen molar-refractivity contribution >= 4 is 21.4 Å². The Morgan fingerprint density at radius 3 is 2.74 bits per heavy atom. The van der Waals surface area contributed by atoms with E-state index in [-0.39, 0.29) is 10.8 Å². The molecule has 2 rings (SSSR count). The molecule has 0 saturated carbocycles. The van der Waals surface area contributed by atoms with Crippen molar-refractivity contribution in [3.8, 4) is 0 Å². The average molecular weight is 304 g/mol. The molecule has 1 aliphatic rings. The predicted octanol–water partition coefficient (Wildman–Crippen LogP) is 1.00. The van der Waals surface area contributed by atoms with Crippen LogP contribution in [0.3, 0.4) is 0 Å². The van der Waals surface area contributed by atoms with E-state index in [1.54, 1.807) is 5.38 Å². The van der Waals surface area contributed by atoms with E-state index >= 15 is 0 Å². The zero-order chi connectivity index (χ0) is 13.7. The first-order chi connectivity index (χ1) is 9.12. The monoisotopic (exact) mass is 304 g/mol. The van der Waals surface area contributed by atoms with Crippen LogP contribution in [0.15, 0.2) is 15.7 Å². The molecule has 1 saturated heterocycles. The van der Waals surface area contributed by atoms with Crippen LogP contribution in [0.1, 0.15) is 24.8 Å². The summed E-state index contributed by atoms with van der Waals surface area (Å²) in [5, 5.41) is 10.6. The van der Waals surface area contributed by atoms with Crippen LogP contribution >= 0.6 is 11.3 Å². The fraction of sp³-hybridized carbons (Fsp3) is 0.667. The fourth-order valence-corrected chi connectivity index (χ4v) is 4.48. The van der Waals surface area contributed by atoms with Crippen molar-refractivity contribution in [2.75, 3.05) is 26.2 Å². The number of rotatable bonds is 7. The number of hydrogen-bond donors (Lipinski definition) is 2.